The van der Waals surface area contributed by atoms with Gasteiger partial charge >= 0.3 is 0 Å². The van der Waals surface area contributed by atoms with Crippen molar-refractivity contribution in [1.29, 1.82) is 0 Å². The van der Waals surface area contributed by atoms with E-state index in [4.69, 9.17) is 0 Å². The average molecular weight is 255 g/mol. The number of carbonyl (C=O) groups excluding carboxylic acids is 1. The second-order valence-electron chi connectivity index (χ2n) is 5.96. The fraction of sp³-hybridized carbons (Fsp3) is 0.923. The van der Waals surface area contributed by atoms with Crippen molar-refractivity contribution in [2.45, 2.75) is 43.5 Å². The topological polar surface area (TPSA) is 40.5 Å². The van der Waals surface area contributed by atoms with Gasteiger partial charge in [0.2, 0.25) is 5.91 Å². The van der Waals surface area contributed by atoms with E-state index in [-0.39, 0.29) is 10.9 Å². The number of hydrogen-bond acceptors (Lipinski definition) is 3. The first-order valence-corrected chi connectivity index (χ1v) is 7.70. The zero-order valence-corrected chi connectivity index (χ0v) is 11.2. The van der Waals surface area contributed by atoms with Gasteiger partial charge in [0.05, 0.1) is 10.9 Å². The smallest absolute Gasteiger partial charge is 0.238 e. The standard InChI is InChI=1S/C13H21NO2S/c1-13(5-2-6-17-13)12(16)14-7-9-3-4-11(15)10(9)8-14/h9-11,15H,2-8H2,1H3. The van der Waals surface area contributed by atoms with E-state index in [0.29, 0.717) is 17.7 Å². The van der Waals surface area contributed by atoms with Crippen LogP contribution in [0.25, 0.3) is 0 Å². The van der Waals surface area contributed by atoms with Crippen LogP contribution in [0.2, 0.25) is 0 Å². The van der Waals surface area contributed by atoms with Crippen LogP contribution < -0.4 is 0 Å². The number of nitrogens with zero attached hydrogens (tertiary/aromatic N) is 1. The monoisotopic (exact) mass is 255 g/mol. The maximum atomic E-state index is 12.5. The molecule has 0 spiro atoms. The van der Waals surface area contributed by atoms with Gasteiger partial charge in [0.1, 0.15) is 0 Å². The van der Waals surface area contributed by atoms with Crippen LogP contribution in [0.15, 0.2) is 0 Å². The number of fused-ring (bicyclic) bond motifs is 1. The molecule has 3 nitrogen and oxygen atoms in total. The summed E-state index contributed by atoms with van der Waals surface area (Å²) in [7, 11) is 0. The highest BCUT2D eigenvalue weighted by atomic mass is 32.2. The van der Waals surface area contributed by atoms with E-state index < -0.39 is 0 Å². The number of aliphatic hydroxyl groups excluding tert-OH is 1. The SMILES string of the molecule is CC1(C(=O)N2CC3CCC(O)C3C2)CCCS1. The molecule has 0 radical (unpaired) electrons. The van der Waals surface area contributed by atoms with Gasteiger partial charge in [-0.3, -0.25) is 4.79 Å². The lowest BCUT2D eigenvalue weighted by Gasteiger charge is -2.28. The molecule has 4 unspecified atom stereocenters. The Morgan fingerprint density at radius 1 is 1.41 bits per heavy atom. The van der Waals surface area contributed by atoms with Crippen LogP contribution in [0.5, 0.6) is 0 Å². The Bertz CT molecular complexity index is 327. The van der Waals surface area contributed by atoms with Gasteiger partial charge in [0, 0.05) is 19.0 Å². The van der Waals surface area contributed by atoms with Crippen molar-refractivity contribution < 1.29 is 9.90 Å². The molecule has 3 rings (SSSR count). The van der Waals surface area contributed by atoms with Crippen LogP contribution in [0.3, 0.4) is 0 Å². The fourth-order valence-electron chi connectivity index (χ4n) is 3.68. The maximum Gasteiger partial charge on any atom is 0.238 e. The van der Waals surface area contributed by atoms with Gasteiger partial charge < -0.3 is 10.0 Å². The highest BCUT2D eigenvalue weighted by Crippen LogP contribution is 2.43. The van der Waals surface area contributed by atoms with E-state index in [1.165, 1.54) is 0 Å². The summed E-state index contributed by atoms with van der Waals surface area (Å²) in [4.78, 5) is 14.6. The number of rotatable bonds is 1. The largest absolute Gasteiger partial charge is 0.393 e. The van der Waals surface area contributed by atoms with Crippen molar-refractivity contribution in [2.24, 2.45) is 11.8 Å². The normalized spacial score (nSPS) is 45.3. The molecule has 1 aliphatic carbocycles. The Morgan fingerprint density at radius 2 is 2.24 bits per heavy atom. The van der Waals surface area contributed by atoms with Gasteiger partial charge in [0.15, 0.2) is 0 Å². The summed E-state index contributed by atoms with van der Waals surface area (Å²) in [6.07, 6.45) is 4.05. The first-order chi connectivity index (χ1) is 8.10. The fourth-order valence-corrected chi connectivity index (χ4v) is 4.97. The Kier molecular flexibility index (Phi) is 2.90. The molecule has 3 aliphatic rings. The summed E-state index contributed by atoms with van der Waals surface area (Å²) < 4.78 is -0.177. The summed E-state index contributed by atoms with van der Waals surface area (Å²) >= 11 is 1.81. The lowest BCUT2D eigenvalue weighted by Crippen LogP contribution is -2.43. The van der Waals surface area contributed by atoms with Crippen molar-refractivity contribution in [3.05, 3.63) is 0 Å². The van der Waals surface area contributed by atoms with Crippen LogP contribution >= 0.6 is 11.8 Å². The van der Waals surface area contributed by atoms with E-state index >= 15 is 0 Å². The summed E-state index contributed by atoms with van der Waals surface area (Å²) in [6.45, 7) is 3.77. The maximum absolute atomic E-state index is 12.5. The molecule has 96 valence electrons. The number of thioether (sulfide) groups is 1. The third kappa shape index (κ3) is 1.89. The molecule has 0 aromatic heterocycles. The van der Waals surface area contributed by atoms with Gasteiger partial charge in [-0.2, -0.15) is 0 Å². The third-order valence-electron chi connectivity index (χ3n) is 4.78. The minimum atomic E-state index is -0.177. The Labute approximate surface area is 107 Å². The van der Waals surface area contributed by atoms with Crippen LogP contribution in [0.1, 0.15) is 32.6 Å². The number of likely N-dealkylation sites (tertiary alicyclic amines) is 1. The van der Waals surface area contributed by atoms with Crippen molar-refractivity contribution in [3.63, 3.8) is 0 Å². The van der Waals surface area contributed by atoms with Crippen molar-refractivity contribution in [3.8, 4) is 0 Å². The molecule has 3 fully saturated rings. The van der Waals surface area contributed by atoms with E-state index in [9.17, 15) is 9.90 Å². The van der Waals surface area contributed by atoms with Crippen LogP contribution in [-0.4, -0.2) is 45.6 Å². The minimum Gasteiger partial charge on any atom is -0.393 e. The molecule has 0 aromatic rings. The first-order valence-electron chi connectivity index (χ1n) is 6.71. The minimum absolute atomic E-state index is 0.165. The van der Waals surface area contributed by atoms with Gasteiger partial charge in [0.25, 0.3) is 0 Å². The molecular weight excluding hydrogens is 234 g/mol. The third-order valence-corrected chi connectivity index (χ3v) is 6.29. The first kappa shape index (κ1) is 11.8. The number of aliphatic hydroxyl groups is 1. The van der Waals surface area contributed by atoms with E-state index in [1.807, 2.05) is 16.7 Å². The summed E-state index contributed by atoms with van der Waals surface area (Å²) in [5, 5.41) is 9.89. The van der Waals surface area contributed by atoms with Gasteiger partial charge in [-0.05, 0) is 44.3 Å². The highest BCUT2D eigenvalue weighted by Gasteiger charge is 2.47. The van der Waals surface area contributed by atoms with Crippen molar-refractivity contribution >= 4 is 17.7 Å². The molecule has 4 heteroatoms. The molecule has 2 aliphatic heterocycles. The lowest BCUT2D eigenvalue weighted by atomic mass is 10.00. The van der Waals surface area contributed by atoms with Crippen molar-refractivity contribution in [1.82, 2.24) is 4.90 Å². The second-order valence-corrected chi connectivity index (χ2v) is 7.56. The molecule has 1 saturated carbocycles. The zero-order chi connectivity index (χ0) is 12.0. The highest BCUT2D eigenvalue weighted by molar-refractivity contribution is 8.01. The van der Waals surface area contributed by atoms with E-state index in [2.05, 4.69) is 6.92 Å². The Morgan fingerprint density at radius 3 is 2.88 bits per heavy atom. The number of carbonyl (C=O) groups is 1. The molecular formula is C13H21NO2S. The van der Waals surface area contributed by atoms with Crippen LogP contribution in [0.4, 0.5) is 0 Å². The molecule has 2 saturated heterocycles. The van der Waals surface area contributed by atoms with Crippen LogP contribution in [0, 0.1) is 11.8 Å². The molecule has 0 aromatic carbocycles. The van der Waals surface area contributed by atoms with E-state index in [0.717, 1.165) is 44.5 Å². The molecule has 17 heavy (non-hydrogen) atoms. The predicted octanol–water partition coefficient (Wildman–Crippen LogP) is 1.50. The molecule has 0 bridgehead atoms. The quantitative estimate of drug-likeness (QED) is 0.772. The van der Waals surface area contributed by atoms with Gasteiger partial charge in [-0.25, -0.2) is 0 Å². The Hall–Kier alpha value is -0.220. The lowest BCUT2D eigenvalue weighted by molar-refractivity contribution is -0.132. The van der Waals surface area contributed by atoms with Crippen molar-refractivity contribution in [2.75, 3.05) is 18.8 Å². The average Bonchev–Trinajstić information content (AvgIpc) is 2.97. The number of amides is 1. The van der Waals surface area contributed by atoms with Gasteiger partial charge in [-0.15, -0.1) is 11.8 Å². The van der Waals surface area contributed by atoms with Gasteiger partial charge in [-0.1, -0.05) is 0 Å². The summed E-state index contributed by atoms with van der Waals surface area (Å²) in [5.74, 6) is 2.35. The van der Waals surface area contributed by atoms with Crippen LogP contribution in [-0.2, 0) is 4.79 Å². The summed E-state index contributed by atoms with van der Waals surface area (Å²) in [5.41, 5.74) is 0. The number of hydrogen-bond donors (Lipinski definition) is 1. The predicted molar refractivity (Wildman–Crippen MR) is 68.9 cm³/mol. The zero-order valence-electron chi connectivity index (χ0n) is 10.4. The summed E-state index contributed by atoms with van der Waals surface area (Å²) in [6, 6.07) is 0. The van der Waals surface area contributed by atoms with E-state index in [1.54, 1.807) is 0 Å². The molecule has 2 heterocycles. The second kappa shape index (κ2) is 4.16. The molecule has 1 N–H and O–H groups in total. The molecule has 4 atom stereocenters. The molecule has 1 amide bonds. The Balaban J connectivity index is 1.69.